The van der Waals surface area contributed by atoms with E-state index in [4.69, 9.17) is 4.74 Å². The van der Waals surface area contributed by atoms with E-state index in [2.05, 4.69) is 20.3 Å². The molecule has 0 aliphatic heterocycles. The highest BCUT2D eigenvalue weighted by molar-refractivity contribution is 5.92. The minimum atomic E-state index is -0.155. The molecule has 0 spiro atoms. The van der Waals surface area contributed by atoms with Crippen molar-refractivity contribution in [3.8, 4) is 5.95 Å². The SMILES string of the molecule is COC1CCC(NC(=O)c2cc(C)nc(-n3ccnc3)n2)CC1. The lowest BCUT2D eigenvalue weighted by atomic mass is 9.93. The van der Waals surface area contributed by atoms with Gasteiger partial charge in [0.25, 0.3) is 5.91 Å². The summed E-state index contributed by atoms with van der Waals surface area (Å²) in [6.07, 6.45) is 9.16. The number of ether oxygens (including phenoxy) is 1. The fraction of sp³-hybridized carbons (Fsp3) is 0.500. The van der Waals surface area contributed by atoms with Crippen LogP contribution in [0.4, 0.5) is 0 Å². The van der Waals surface area contributed by atoms with Gasteiger partial charge in [0, 0.05) is 31.2 Å². The Morgan fingerprint density at radius 1 is 1.30 bits per heavy atom. The predicted molar refractivity (Wildman–Crippen MR) is 84.4 cm³/mol. The van der Waals surface area contributed by atoms with Crippen LogP contribution in [-0.4, -0.2) is 44.7 Å². The summed E-state index contributed by atoms with van der Waals surface area (Å²) in [5, 5.41) is 3.07. The van der Waals surface area contributed by atoms with E-state index in [-0.39, 0.29) is 11.9 Å². The Balaban J connectivity index is 1.70. The van der Waals surface area contributed by atoms with Gasteiger partial charge in [0.05, 0.1) is 6.10 Å². The Morgan fingerprint density at radius 2 is 2.09 bits per heavy atom. The van der Waals surface area contributed by atoms with E-state index in [1.165, 1.54) is 0 Å². The first-order valence-electron chi connectivity index (χ1n) is 7.83. The zero-order chi connectivity index (χ0) is 16.2. The zero-order valence-electron chi connectivity index (χ0n) is 13.4. The molecule has 0 radical (unpaired) electrons. The number of rotatable bonds is 4. The van der Waals surface area contributed by atoms with Crippen molar-refractivity contribution in [3.05, 3.63) is 36.2 Å². The first-order chi connectivity index (χ1) is 11.2. The lowest BCUT2D eigenvalue weighted by Gasteiger charge is -2.28. The van der Waals surface area contributed by atoms with Gasteiger partial charge in [0.2, 0.25) is 5.95 Å². The van der Waals surface area contributed by atoms with Gasteiger partial charge in [-0.25, -0.2) is 15.0 Å². The van der Waals surface area contributed by atoms with Crippen molar-refractivity contribution in [1.29, 1.82) is 0 Å². The van der Waals surface area contributed by atoms with Gasteiger partial charge >= 0.3 is 0 Å². The minimum Gasteiger partial charge on any atom is -0.381 e. The molecule has 1 fully saturated rings. The van der Waals surface area contributed by atoms with Crippen LogP contribution in [0.2, 0.25) is 0 Å². The van der Waals surface area contributed by atoms with Gasteiger partial charge in [-0.15, -0.1) is 0 Å². The molecule has 0 unspecified atom stereocenters. The topological polar surface area (TPSA) is 81.9 Å². The number of amides is 1. The molecule has 2 aromatic heterocycles. The standard InChI is InChI=1S/C16H21N5O2/c1-11-9-14(20-16(18-11)21-8-7-17-10-21)15(22)19-12-3-5-13(23-2)6-4-12/h7-10,12-13H,3-6H2,1-2H3,(H,19,22). The fourth-order valence-electron chi connectivity index (χ4n) is 2.86. The van der Waals surface area contributed by atoms with Crippen LogP contribution in [0.3, 0.4) is 0 Å². The van der Waals surface area contributed by atoms with Gasteiger partial charge in [-0.2, -0.15) is 0 Å². The van der Waals surface area contributed by atoms with Gasteiger partial charge in [-0.3, -0.25) is 9.36 Å². The highest BCUT2D eigenvalue weighted by Gasteiger charge is 2.23. The highest BCUT2D eigenvalue weighted by atomic mass is 16.5. The van der Waals surface area contributed by atoms with Crippen molar-refractivity contribution in [2.24, 2.45) is 0 Å². The van der Waals surface area contributed by atoms with E-state index in [0.29, 0.717) is 17.7 Å². The predicted octanol–water partition coefficient (Wildman–Crippen LogP) is 1.66. The van der Waals surface area contributed by atoms with E-state index in [9.17, 15) is 4.79 Å². The van der Waals surface area contributed by atoms with Gasteiger partial charge in [0.1, 0.15) is 12.0 Å². The second kappa shape index (κ2) is 6.87. The molecule has 2 heterocycles. The van der Waals surface area contributed by atoms with Crippen LogP contribution < -0.4 is 5.32 Å². The number of carbonyl (C=O) groups is 1. The van der Waals surface area contributed by atoms with Gasteiger partial charge in [0.15, 0.2) is 0 Å². The Bertz CT molecular complexity index is 663. The Labute approximate surface area is 135 Å². The third kappa shape index (κ3) is 3.73. The number of hydrogen-bond acceptors (Lipinski definition) is 5. The first-order valence-corrected chi connectivity index (χ1v) is 7.83. The summed E-state index contributed by atoms with van der Waals surface area (Å²) in [6, 6.07) is 1.89. The molecule has 122 valence electrons. The first kappa shape index (κ1) is 15.6. The summed E-state index contributed by atoms with van der Waals surface area (Å²) < 4.78 is 7.05. The largest absolute Gasteiger partial charge is 0.381 e. The van der Waals surface area contributed by atoms with Crippen LogP contribution in [0.5, 0.6) is 0 Å². The lowest BCUT2D eigenvalue weighted by molar-refractivity contribution is 0.0598. The normalized spacial score (nSPS) is 21.1. The monoisotopic (exact) mass is 315 g/mol. The second-order valence-electron chi connectivity index (χ2n) is 5.85. The van der Waals surface area contributed by atoms with Crippen molar-refractivity contribution >= 4 is 5.91 Å². The van der Waals surface area contributed by atoms with Crippen molar-refractivity contribution in [2.45, 2.75) is 44.8 Å². The molecular formula is C16H21N5O2. The molecule has 1 saturated carbocycles. The summed E-state index contributed by atoms with van der Waals surface area (Å²) >= 11 is 0. The molecule has 1 aliphatic carbocycles. The van der Waals surface area contributed by atoms with E-state index in [1.807, 2.05) is 6.92 Å². The van der Waals surface area contributed by atoms with E-state index in [0.717, 1.165) is 31.4 Å². The molecule has 2 aromatic rings. The lowest BCUT2D eigenvalue weighted by Crippen LogP contribution is -2.39. The van der Waals surface area contributed by atoms with Crippen LogP contribution in [0, 0.1) is 6.92 Å². The smallest absolute Gasteiger partial charge is 0.270 e. The van der Waals surface area contributed by atoms with E-state index in [1.54, 1.807) is 36.5 Å². The molecule has 1 amide bonds. The van der Waals surface area contributed by atoms with Crippen LogP contribution in [0.15, 0.2) is 24.8 Å². The molecule has 23 heavy (non-hydrogen) atoms. The Morgan fingerprint density at radius 3 is 2.74 bits per heavy atom. The average molecular weight is 315 g/mol. The van der Waals surface area contributed by atoms with E-state index < -0.39 is 0 Å². The number of carbonyl (C=O) groups excluding carboxylic acids is 1. The number of imidazole rings is 1. The molecule has 7 nitrogen and oxygen atoms in total. The van der Waals surface area contributed by atoms with Crippen LogP contribution in [-0.2, 0) is 4.74 Å². The quantitative estimate of drug-likeness (QED) is 0.928. The van der Waals surface area contributed by atoms with Gasteiger partial charge in [-0.05, 0) is 38.7 Å². The third-order valence-electron chi connectivity index (χ3n) is 4.15. The number of aryl methyl sites for hydroxylation is 1. The van der Waals surface area contributed by atoms with Crippen molar-refractivity contribution < 1.29 is 9.53 Å². The Hall–Kier alpha value is -2.28. The maximum absolute atomic E-state index is 12.5. The molecular weight excluding hydrogens is 294 g/mol. The van der Waals surface area contributed by atoms with Crippen molar-refractivity contribution in [3.63, 3.8) is 0 Å². The number of methoxy groups -OCH3 is 1. The molecule has 0 atom stereocenters. The summed E-state index contributed by atoms with van der Waals surface area (Å²) in [4.78, 5) is 25.2. The molecule has 0 bridgehead atoms. The average Bonchev–Trinajstić information content (AvgIpc) is 3.09. The zero-order valence-corrected chi connectivity index (χ0v) is 13.4. The summed E-state index contributed by atoms with van der Waals surface area (Å²) in [7, 11) is 1.74. The summed E-state index contributed by atoms with van der Waals surface area (Å²) in [5.74, 6) is 0.300. The maximum atomic E-state index is 12.5. The number of aromatic nitrogens is 4. The molecule has 1 aliphatic rings. The minimum absolute atomic E-state index is 0.155. The third-order valence-corrected chi connectivity index (χ3v) is 4.15. The molecule has 1 N–H and O–H groups in total. The van der Waals surface area contributed by atoms with Gasteiger partial charge in [-0.1, -0.05) is 0 Å². The molecule has 3 rings (SSSR count). The second-order valence-corrected chi connectivity index (χ2v) is 5.85. The molecule has 0 saturated heterocycles. The summed E-state index contributed by atoms with van der Waals surface area (Å²) in [6.45, 7) is 1.85. The number of nitrogens with one attached hydrogen (secondary N) is 1. The van der Waals surface area contributed by atoms with Crippen molar-refractivity contribution in [2.75, 3.05) is 7.11 Å². The molecule has 0 aromatic carbocycles. The summed E-state index contributed by atoms with van der Waals surface area (Å²) in [5.41, 5.74) is 1.13. The number of hydrogen-bond donors (Lipinski definition) is 1. The number of nitrogens with zero attached hydrogens (tertiary/aromatic N) is 4. The Kier molecular flexibility index (Phi) is 4.66. The van der Waals surface area contributed by atoms with E-state index >= 15 is 0 Å². The van der Waals surface area contributed by atoms with Crippen LogP contribution >= 0.6 is 0 Å². The highest BCUT2D eigenvalue weighted by Crippen LogP contribution is 2.21. The van der Waals surface area contributed by atoms with Crippen LogP contribution in [0.1, 0.15) is 41.9 Å². The fourth-order valence-corrected chi connectivity index (χ4v) is 2.86. The van der Waals surface area contributed by atoms with Gasteiger partial charge < -0.3 is 10.1 Å². The van der Waals surface area contributed by atoms with Crippen molar-refractivity contribution in [1.82, 2.24) is 24.8 Å². The molecule has 7 heteroatoms. The maximum Gasteiger partial charge on any atom is 0.270 e. The van der Waals surface area contributed by atoms with Crippen LogP contribution in [0.25, 0.3) is 5.95 Å².